The van der Waals surface area contributed by atoms with Crippen molar-refractivity contribution in [2.45, 2.75) is 24.8 Å². The number of para-hydroxylation sites is 1. The number of morpholine rings is 1. The van der Waals surface area contributed by atoms with E-state index in [4.69, 9.17) is 4.74 Å². The first kappa shape index (κ1) is 15.9. The average molecular weight is 336 g/mol. The van der Waals surface area contributed by atoms with Gasteiger partial charge >= 0.3 is 0 Å². The van der Waals surface area contributed by atoms with E-state index in [2.05, 4.69) is 15.2 Å². The largest absolute Gasteiger partial charge is 0.366 e. The molecule has 0 aliphatic carbocycles. The third-order valence-electron chi connectivity index (χ3n) is 3.89. The van der Waals surface area contributed by atoms with Gasteiger partial charge in [-0.2, -0.15) is 5.10 Å². The van der Waals surface area contributed by atoms with Gasteiger partial charge in [0.1, 0.15) is 11.9 Å². The Balaban J connectivity index is 1.90. The first-order valence-corrected chi connectivity index (χ1v) is 9.23. The molecule has 0 spiro atoms. The first-order chi connectivity index (χ1) is 11.0. The number of hydrogen-bond donors (Lipinski definition) is 1. The van der Waals surface area contributed by atoms with Crippen LogP contribution in [0.25, 0.3) is 0 Å². The van der Waals surface area contributed by atoms with Gasteiger partial charge in [-0.1, -0.05) is 19.1 Å². The molecule has 124 valence electrons. The van der Waals surface area contributed by atoms with Crippen LogP contribution < -0.4 is 4.90 Å². The number of anilines is 1. The molecule has 7 nitrogen and oxygen atoms in total. The second kappa shape index (κ2) is 6.29. The molecule has 1 fully saturated rings. The molecule has 1 aromatic heterocycles. The molecule has 2 heterocycles. The minimum atomic E-state index is -3.28. The summed E-state index contributed by atoms with van der Waals surface area (Å²) in [5, 5.41) is 6.96. The summed E-state index contributed by atoms with van der Waals surface area (Å²) in [5.41, 5.74) is 0.718. The molecule has 1 saturated heterocycles. The maximum Gasteiger partial charge on any atom is 0.181 e. The molecule has 23 heavy (non-hydrogen) atoms. The van der Waals surface area contributed by atoms with Gasteiger partial charge in [-0.15, -0.1) is 0 Å². The van der Waals surface area contributed by atoms with Crippen molar-refractivity contribution in [1.29, 1.82) is 0 Å². The highest BCUT2D eigenvalue weighted by atomic mass is 32.2. The Kier molecular flexibility index (Phi) is 4.36. The van der Waals surface area contributed by atoms with E-state index in [9.17, 15) is 8.42 Å². The highest BCUT2D eigenvalue weighted by molar-refractivity contribution is 7.91. The van der Waals surface area contributed by atoms with E-state index in [0.717, 1.165) is 11.5 Å². The molecule has 1 aliphatic heterocycles. The number of sulfone groups is 1. The van der Waals surface area contributed by atoms with Crippen LogP contribution in [0.2, 0.25) is 0 Å². The summed E-state index contributed by atoms with van der Waals surface area (Å²) in [6.07, 6.45) is -0.272. The van der Waals surface area contributed by atoms with Crippen LogP contribution in [-0.2, 0) is 14.6 Å². The average Bonchev–Trinajstić information content (AvgIpc) is 3.01. The van der Waals surface area contributed by atoms with Crippen LogP contribution in [0.5, 0.6) is 0 Å². The maximum atomic E-state index is 12.3. The number of H-pyrrole nitrogens is 1. The van der Waals surface area contributed by atoms with Crippen molar-refractivity contribution < 1.29 is 13.2 Å². The van der Waals surface area contributed by atoms with E-state index in [0.29, 0.717) is 30.4 Å². The molecule has 0 amide bonds. The first-order valence-electron chi connectivity index (χ1n) is 7.58. The summed E-state index contributed by atoms with van der Waals surface area (Å²) < 4.78 is 30.4. The Morgan fingerprint density at radius 1 is 1.39 bits per heavy atom. The predicted molar refractivity (Wildman–Crippen MR) is 86.2 cm³/mol. The molecule has 1 atom stereocenters. The lowest BCUT2D eigenvalue weighted by molar-refractivity contribution is 0.0341. The van der Waals surface area contributed by atoms with Gasteiger partial charge in [0.2, 0.25) is 0 Å². The fourth-order valence-corrected chi connectivity index (χ4v) is 3.78. The fraction of sp³-hybridized carbons (Fsp3) is 0.467. The summed E-state index contributed by atoms with van der Waals surface area (Å²) >= 11 is 0. The number of hydrogen-bond acceptors (Lipinski definition) is 6. The van der Waals surface area contributed by atoms with Crippen molar-refractivity contribution in [3.8, 4) is 0 Å². The van der Waals surface area contributed by atoms with Gasteiger partial charge in [0.05, 0.1) is 29.5 Å². The number of rotatable bonds is 4. The number of aryl methyl sites for hydroxylation is 1. The summed E-state index contributed by atoms with van der Waals surface area (Å²) in [6, 6.07) is 7.11. The second-order valence-corrected chi connectivity index (χ2v) is 7.70. The highest BCUT2D eigenvalue weighted by Gasteiger charge is 2.28. The summed E-state index contributed by atoms with van der Waals surface area (Å²) in [5.74, 6) is 1.41. The van der Waals surface area contributed by atoms with E-state index in [1.807, 2.05) is 24.0 Å². The van der Waals surface area contributed by atoms with Gasteiger partial charge in [-0.3, -0.25) is 5.10 Å². The summed E-state index contributed by atoms with van der Waals surface area (Å²) in [4.78, 5) is 6.71. The molecular weight excluding hydrogens is 316 g/mol. The van der Waals surface area contributed by atoms with Crippen LogP contribution in [-0.4, -0.2) is 49.0 Å². The molecule has 2 aromatic rings. The zero-order valence-corrected chi connectivity index (χ0v) is 14.0. The number of nitrogens with zero attached hydrogens (tertiary/aromatic N) is 3. The Hall–Kier alpha value is -1.93. The van der Waals surface area contributed by atoms with E-state index in [1.54, 1.807) is 19.1 Å². The molecule has 1 aliphatic rings. The molecule has 0 radical (unpaired) electrons. The van der Waals surface area contributed by atoms with Crippen molar-refractivity contribution >= 4 is 15.5 Å². The quantitative estimate of drug-likeness (QED) is 0.910. The van der Waals surface area contributed by atoms with Crippen LogP contribution >= 0.6 is 0 Å². The van der Waals surface area contributed by atoms with Crippen molar-refractivity contribution in [3.63, 3.8) is 0 Å². The molecule has 1 aromatic carbocycles. The van der Waals surface area contributed by atoms with Crippen LogP contribution in [0.15, 0.2) is 29.2 Å². The van der Waals surface area contributed by atoms with Gasteiger partial charge in [0.25, 0.3) is 0 Å². The number of aromatic nitrogens is 3. The van der Waals surface area contributed by atoms with Crippen LogP contribution in [0.3, 0.4) is 0 Å². The van der Waals surface area contributed by atoms with Gasteiger partial charge in [0.15, 0.2) is 15.7 Å². The van der Waals surface area contributed by atoms with Crippen LogP contribution in [0, 0.1) is 6.92 Å². The Morgan fingerprint density at radius 2 is 2.17 bits per heavy atom. The number of aromatic amines is 1. The van der Waals surface area contributed by atoms with Crippen molar-refractivity contribution in [2.24, 2.45) is 0 Å². The van der Waals surface area contributed by atoms with Crippen molar-refractivity contribution in [2.75, 3.05) is 30.3 Å². The fourth-order valence-electron chi connectivity index (χ4n) is 2.67. The molecule has 3 rings (SSSR count). The van der Waals surface area contributed by atoms with E-state index in [1.165, 1.54) is 0 Å². The molecule has 1 N–H and O–H groups in total. The smallest absolute Gasteiger partial charge is 0.181 e. The Labute approximate surface area is 135 Å². The van der Waals surface area contributed by atoms with Crippen molar-refractivity contribution in [3.05, 3.63) is 35.9 Å². The number of benzene rings is 1. The number of ether oxygens (including phenoxy) is 1. The van der Waals surface area contributed by atoms with Crippen LogP contribution in [0.1, 0.15) is 24.7 Å². The Morgan fingerprint density at radius 3 is 2.87 bits per heavy atom. The lowest BCUT2D eigenvalue weighted by Gasteiger charge is -2.34. The predicted octanol–water partition coefficient (Wildman–Crippen LogP) is 1.48. The van der Waals surface area contributed by atoms with Crippen LogP contribution in [0.4, 0.5) is 5.69 Å². The zero-order chi connectivity index (χ0) is 16.4. The Bertz CT molecular complexity index is 788. The third kappa shape index (κ3) is 3.23. The molecule has 8 heteroatoms. The topological polar surface area (TPSA) is 88.2 Å². The minimum absolute atomic E-state index is 0.0812. The summed E-state index contributed by atoms with van der Waals surface area (Å²) in [7, 11) is -3.28. The van der Waals surface area contributed by atoms with Crippen molar-refractivity contribution in [1.82, 2.24) is 15.2 Å². The maximum absolute atomic E-state index is 12.3. The van der Waals surface area contributed by atoms with Gasteiger partial charge in [-0.25, -0.2) is 13.4 Å². The van der Waals surface area contributed by atoms with E-state index in [-0.39, 0.29) is 11.9 Å². The minimum Gasteiger partial charge on any atom is -0.366 e. The molecule has 0 unspecified atom stereocenters. The molecule has 0 saturated carbocycles. The molecular formula is C15H20N4O3S. The number of nitrogens with one attached hydrogen (secondary N) is 1. The molecule has 0 bridgehead atoms. The third-order valence-corrected chi connectivity index (χ3v) is 5.67. The lowest BCUT2D eigenvalue weighted by atomic mass is 10.2. The summed E-state index contributed by atoms with van der Waals surface area (Å²) in [6.45, 7) is 5.15. The lowest BCUT2D eigenvalue weighted by Crippen LogP contribution is -2.39. The van der Waals surface area contributed by atoms with Gasteiger partial charge < -0.3 is 9.64 Å². The van der Waals surface area contributed by atoms with Gasteiger partial charge in [0, 0.05) is 6.54 Å². The van der Waals surface area contributed by atoms with E-state index < -0.39 is 9.84 Å². The normalized spacial score (nSPS) is 19.0. The monoisotopic (exact) mass is 336 g/mol. The highest BCUT2D eigenvalue weighted by Crippen LogP contribution is 2.30. The second-order valence-electron chi connectivity index (χ2n) is 5.46. The van der Waals surface area contributed by atoms with E-state index >= 15 is 0 Å². The standard InChI is InChI=1S/C15H20N4O3S/c1-3-23(20,21)14-7-5-4-6-12(14)19-8-9-22-13(10-19)15-16-11(2)17-18-15/h4-7,13H,3,8-10H2,1-2H3,(H,16,17,18)/t13-/m0/s1. The zero-order valence-electron chi connectivity index (χ0n) is 13.2. The SMILES string of the molecule is CCS(=O)(=O)c1ccccc1N1CCO[C@H](c2n[nH]c(C)n2)C1. The van der Waals surface area contributed by atoms with Gasteiger partial charge in [-0.05, 0) is 19.1 Å².